The van der Waals surface area contributed by atoms with E-state index in [0.717, 1.165) is 19.4 Å². The molecule has 1 saturated carbocycles. The minimum absolute atomic E-state index is 0.0388. The number of hydrogen-bond donors (Lipinski definition) is 2. The summed E-state index contributed by atoms with van der Waals surface area (Å²) in [5.74, 6) is -2.09. The fourth-order valence-corrected chi connectivity index (χ4v) is 4.84. The van der Waals surface area contributed by atoms with E-state index in [9.17, 15) is 13.9 Å². The van der Waals surface area contributed by atoms with Gasteiger partial charge in [0.05, 0.1) is 12.1 Å². The van der Waals surface area contributed by atoms with Crippen LogP contribution in [0, 0.1) is 5.92 Å². The van der Waals surface area contributed by atoms with Crippen LogP contribution in [0.3, 0.4) is 0 Å². The maximum Gasteiger partial charge on any atom is 0.287 e. The number of phenolic OH excluding ortho intramolecular Hbond substituents is 1. The highest BCUT2D eigenvalue weighted by molar-refractivity contribution is 5.87. The number of aromatic amines is 1. The van der Waals surface area contributed by atoms with Gasteiger partial charge in [0, 0.05) is 35.1 Å². The Morgan fingerprint density at radius 1 is 1.29 bits per heavy atom. The number of aromatic hydroxyl groups is 1. The van der Waals surface area contributed by atoms with Crippen molar-refractivity contribution in [3.05, 3.63) is 29.5 Å². The first-order valence-corrected chi connectivity index (χ1v) is 7.50. The average molecular weight is 290 g/mol. The Balaban J connectivity index is 1.82. The van der Waals surface area contributed by atoms with Crippen LogP contribution in [0.15, 0.2) is 18.2 Å². The summed E-state index contributed by atoms with van der Waals surface area (Å²) in [6.45, 7) is 0.616. The predicted octanol–water partition coefficient (Wildman–Crippen LogP) is 3.16. The summed E-state index contributed by atoms with van der Waals surface area (Å²) in [5.41, 5.74) is 1.53. The van der Waals surface area contributed by atoms with Gasteiger partial charge in [-0.3, -0.25) is 4.90 Å². The fraction of sp³-hybridized carbons (Fsp3) is 0.500. The number of alkyl halides is 2. The van der Waals surface area contributed by atoms with Crippen LogP contribution in [-0.4, -0.2) is 34.1 Å². The Hall–Kier alpha value is -1.62. The molecule has 1 aromatic heterocycles. The molecule has 21 heavy (non-hydrogen) atoms. The molecule has 0 spiro atoms. The molecular formula is C16H16F2N2O. The summed E-state index contributed by atoms with van der Waals surface area (Å²) in [6.07, 6.45) is 2.05. The van der Waals surface area contributed by atoms with Crippen LogP contribution in [0.25, 0.3) is 10.9 Å². The zero-order valence-corrected chi connectivity index (χ0v) is 11.4. The molecule has 1 saturated heterocycles. The number of hydrogen-bond acceptors (Lipinski definition) is 2. The van der Waals surface area contributed by atoms with E-state index in [1.54, 1.807) is 12.1 Å². The van der Waals surface area contributed by atoms with Crippen molar-refractivity contribution in [2.45, 2.75) is 30.7 Å². The summed E-state index contributed by atoms with van der Waals surface area (Å²) < 4.78 is 29.7. The van der Waals surface area contributed by atoms with Crippen LogP contribution in [0.4, 0.5) is 8.78 Å². The van der Waals surface area contributed by atoms with E-state index >= 15 is 0 Å². The van der Waals surface area contributed by atoms with Gasteiger partial charge >= 0.3 is 0 Å². The van der Waals surface area contributed by atoms with Crippen molar-refractivity contribution in [2.75, 3.05) is 13.1 Å². The number of H-pyrrole nitrogens is 1. The number of aromatic nitrogens is 1. The lowest BCUT2D eigenvalue weighted by molar-refractivity contribution is -0.0380. The molecule has 1 aromatic carbocycles. The van der Waals surface area contributed by atoms with E-state index in [0.29, 0.717) is 22.5 Å². The minimum Gasteiger partial charge on any atom is -0.508 e. The lowest BCUT2D eigenvalue weighted by Gasteiger charge is -2.31. The van der Waals surface area contributed by atoms with Gasteiger partial charge in [-0.15, -0.1) is 0 Å². The second-order valence-corrected chi connectivity index (χ2v) is 6.79. The zero-order chi connectivity index (χ0) is 14.4. The summed E-state index contributed by atoms with van der Waals surface area (Å²) >= 11 is 0. The van der Waals surface area contributed by atoms with Gasteiger partial charge in [-0.2, -0.15) is 8.78 Å². The third-order valence-corrected chi connectivity index (χ3v) is 5.54. The van der Waals surface area contributed by atoms with E-state index in [2.05, 4.69) is 4.98 Å². The number of benzene rings is 1. The monoisotopic (exact) mass is 290 g/mol. The van der Waals surface area contributed by atoms with Crippen LogP contribution in [0.2, 0.25) is 0 Å². The number of nitrogens with zero attached hydrogens (tertiary/aromatic N) is 1. The first-order chi connectivity index (χ1) is 10.0. The van der Waals surface area contributed by atoms with Crippen LogP contribution < -0.4 is 0 Å². The molecule has 0 radical (unpaired) electrons. The summed E-state index contributed by atoms with van der Waals surface area (Å²) in [5, 5.41) is 10.1. The van der Waals surface area contributed by atoms with E-state index in [1.165, 1.54) is 6.07 Å². The van der Waals surface area contributed by atoms with Crippen LogP contribution in [0.1, 0.15) is 30.0 Å². The molecule has 0 amide bonds. The molecule has 5 rings (SSSR count). The lowest BCUT2D eigenvalue weighted by Crippen LogP contribution is -2.40. The highest BCUT2D eigenvalue weighted by atomic mass is 19.3. The molecule has 3 atom stereocenters. The smallest absolute Gasteiger partial charge is 0.287 e. The maximum absolute atomic E-state index is 14.8. The third-order valence-electron chi connectivity index (χ3n) is 5.54. The standard InChI is InChI=1S/C16H16F2N2O/c17-16(18)7-20-6-8-3-11(13(20)4-8)15-14(16)10-5-9(21)1-2-12(10)19-15/h1-2,5,8,11,13,19,21H,3-4,6-7H2/t8-,11-,13?/m1/s1. The Labute approximate surface area is 120 Å². The first-order valence-electron chi connectivity index (χ1n) is 7.50. The number of piperidine rings is 1. The Bertz CT molecular complexity index is 754. The number of nitrogens with one attached hydrogen (secondary N) is 1. The van der Waals surface area contributed by atoms with Gasteiger partial charge in [0.2, 0.25) is 0 Å². The Kier molecular flexibility index (Phi) is 2.04. The number of halogens is 2. The first kappa shape index (κ1) is 12.0. The molecule has 3 aliphatic rings. The Morgan fingerprint density at radius 2 is 2.14 bits per heavy atom. The molecule has 2 fully saturated rings. The van der Waals surface area contributed by atoms with E-state index < -0.39 is 5.92 Å². The van der Waals surface area contributed by atoms with Gasteiger partial charge in [-0.25, -0.2) is 0 Å². The number of fused-ring (bicyclic) bond motifs is 5. The van der Waals surface area contributed by atoms with Crippen molar-refractivity contribution in [1.82, 2.24) is 9.88 Å². The van der Waals surface area contributed by atoms with Crippen molar-refractivity contribution in [3.8, 4) is 5.75 Å². The van der Waals surface area contributed by atoms with Gasteiger partial charge in [0.25, 0.3) is 5.92 Å². The molecule has 3 nitrogen and oxygen atoms in total. The second kappa shape index (κ2) is 3.58. The molecule has 2 aromatic rings. The van der Waals surface area contributed by atoms with Crippen LogP contribution in [-0.2, 0) is 5.92 Å². The molecule has 2 aliphatic heterocycles. The van der Waals surface area contributed by atoms with Gasteiger partial charge < -0.3 is 10.1 Å². The van der Waals surface area contributed by atoms with Gasteiger partial charge in [-0.1, -0.05) is 0 Å². The van der Waals surface area contributed by atoms with Crippen molar-refractivity contribution in [3.63, 3.8) is 0 Å². The van der Waals surface area contributed by atoms with Gasteiger partial charge in [-0.05, 0) is 37.0 Å². The molecule has 1 unspecified atom stereocenters. The Morgan fingerprint density at radius 3 is 2.95 bits per heavy atom. The molecular weight excluding hydrogens is 274 g/mol. The number of phenols is 1. The van der Waals surface area contributed by atoms with Gasteiger partial charge in [0.1, 0.15) is 5.75 Å². The van der Waals surface area contributed by atoms with E-state index in [4.69, 9.17) is 0 Å². The summed E-state index contributed by atoms with van der Waals surface area (Å²) in [4.78, 5) is 5.21. The van der Waals surface area contributed by atoms with Crippen molar-refractivity contribution in [1.29, 1.82) is 0 Å². The zero-order valence-electron chi connectivity index (χ0n) is 11.4. The van der Waals surface area contributed by atoms with E-state index in [-0.39, 0.29) is 29.8 Å². The lowest BCUT2D eigenvalue weighted by atomic mass is 9.93. The quantitative estimate of drug-likeness (QED) is 0.782. The third kappa shape index (κ3) is 1.45. The largest absolute Gasteiger partial charge is 0.508 e. The second-order valence-electron chi connectivity index (χ2n) is 6.79. The molecule has 1 aliphatic carbocycles. The molecule has 3 heterocycles. The van der Waals surface area contributed by atoms with Crippen molar-refractivity contribution >= 4 is 10.9 Å². The SMILES string of the molecule is Oc1ccc2[nH]c3c(c2c1)C(F)(F)CN1C[C@H]2CC1[C@H]3C2. The molecule has 2 N–H and O–H groups in total. The van der Waals surface area contributed by atoms with Crippen LogP contribution in [0.5, 0.6) is 5.75 Å². The highest BCUT2D eigenvalue weighted by Crippen LogP contribution is 2.54. The van der Waals surface area contributed by atoms with Gasteiger partial charge in [0.15, 0.2) is 0 Å². The number of rotatable bonds is 0. The fourth-order valence-electron chi connectivity index (χ4n) is 4.84. The molecule has 5 heteroatoms. The predicted molar refractivity (Wildman–Crippen MR) is 74.7 cm³/mol. The van der Waals surface area contributed by atoms with Crippen molar-refractivity contribution in [2.24, 2.45) is 5.92 Å². The topological polar surface area (TPSA) is 39.3 Å². The average Bonchev–Trinajstić information content (AvgIpc) is 3.06. The van der Waals surface area contributed by atoms with Crippen LogP contribution >= 0.6 is 0 Å². The highest BCUT2D eigenvalue weighted by Gasteiger charge is 2.54. The maximum atomic E-state index is 14.8. The normalized spacial score (nSPS) is 33.3. The van der Waals surface area contributed by atoms with E-state index in [1.807, 2.05) is 4.90 Å². The summed E-state index contributed by atoms with van der Waals surface area (Å²) in [7, 11) is 0. The molecule has 110 valence electrons. The molecule has 2 bridgehead atoms. The minimum atomic E-state index is -2.87. The van der Waals surface area contributed by atoms with Crippen molar-refractivity contribution < 1.29 is 13.9 Å². The summed E-state index contributed by atoms with van der Waals surface area (Å²) in [6, 6.07) is 4.96.